The highest BCUT2D eigenvalue weighted by atomic mass is 32.2. The molecule has 1 aromatic carbocycles. The zero-order valence-corrected chi connectivity index (χ0v) is 11.9. The smallest absolute Gasteiger partial charge is 0.313 e. The predicted octanol–water partition coefficient (Wildman–Crippen LogP) is 1.64. The number of nitrogens with one attached hydrogen (secondary N) is 1. The van der Waals surface area contributed by atoms with Crippen LogP contribution in [-0.4, -0.2) is 40.3 Å². The molecule has 6 heteroatoms. The Morgan fingerprint density at radius 1 is 1.42 bits per heavy atom. The van der Waals surface area contributed by atoms with Crippen LogP contribution >= 0.6 is 23.5 Å². The van der Waals surface area contributed by atoms with Gasteiger partial charge in [-0.3, -0.25) is 9.59 Å². The molecular formula is C13H15NO3S2. The van der Waals surface area contributed by atoms with Gasteiger partial charge in [0, 0.05) is 17.2 Å². The van der Waals surface area contributed by atoms with Gasteiger partial charge in [-0.2, -0.15) is 0 Å². The van der Waals surface area contributed by atoms with Gasteiger partial charge in [0.2, 0.25) is 5.91 Å². The van der Waals surface area contributed by atoms with E-state index in [1.54, 1.807) is 11.8 Å². The minimum Gasteiger partial charge on any atom is -0.481 e. The monoisotopic (exact) mass is 297 g/mol. The number of amides is 1. The molecule has 1 aromatic rings. The summed E-state index contributed by atoms with van der Waals surface area (Å²) in [5.74, 6) is -0.0720. The van der Waals surface area contributed by atoms with Gasteiger partial charge in [-0.1, -0.05) is 18.2 Å². The maximum Gasteiger partial charge on any atom is 0.313 e. The number of carbonyl (C=O) groups is 2. The van der Waals surface area contributed by atoms with Gasteiger partial charge in [-0.25, -0.2) is 0 Å². The van der Waals surface area contributed by atoms with Crippen molar-refractivity contribution >= 4 is 35.4 Å². The Morgan fingerprint density at radius 3 is 2.95 bits per heavy atom. The van der Waals surface area contributed by atoms with Gasteiger partial charge in [0.15, 0.2) is 0 Å². The Hall–Kier alpha value is -1.14. The van der Waals surface area contributed by atoms with Crippen molar-refractivity contribution in [3.8, 4) is 0 Å². The largest absolute Gasteiger partial charge is 0.481 e. The number of carbonyl (C=O) groups excluding carboxylic acids is 1. The first-order chi connectivity index (χ1) is 9.16. The first-order valence-electron chi connectivity index (χ1n) is 5.98. The number of hydrogen-bond donors (Lipinski definition) is 2. The van der Waals surface area contributed by atoms with E-state index < -0.39 is 5.97 Å². The van der Waals surface area contributed by atoms with Crippen LogP contribution in [0.2, 0.25) is 0 Å². The highest BCUT2D eigenvalue weighted by Crippen LogP contribution is 2.36. The Morgan fingerprint density at radius 2 is 2.21 bits per heavy atom. The Balaban J connectivity index is 1.70. The molecule has 102 valence electrons. The molecule has 2 N–H and O–H groups in total. The molecule has 19 heavy (non-hydrogen) atoms. The first kappa shape index (κ1) is 14.3. The van der Waals surface area contributed by atoms with Crippen LogP contribution in [0.25, 0.3) is 0 Å². The lowest BCUT2D eigenvalue weighted by Crippen LogP contribution is -2.34. The van der Waals surface area contributed by atoms with Crippen LogP contribution in [0.4, 0.5) is 0 Å². The van der Waals surface area contributed by atoms with Crippen molar-refractivity contribution in [3.05, 3.63) is 29.8 Å². The van der Waals surface area contributed by atoms with Crippen LogP contribution in [0.3, 0.4) is 0 Å². The number of thioether (sulfide) groups is 2. The molecular weight excluding hydrogens is 282 g/mol. The Kier molecular flexibility index (Phi) is 5.15. The highest BCUT2D eigenvalue weighted by molar-refractivity contribution is 8.01. The lowest BCUT2D eigenvalue weighted by molar-refractivity contribution is -0.133. The van der Waals surface area contributed by atoms with Crippen LogP contribution in [0.5, 0.6) is 0 Å². The molecule has 1 amide bonds. The summed E-state index contributed by atoms with van der Waals surface area (Å²) in [6, 6.07) is 8.06. The Labute approximate surface area is 120 Å². The van der Waals surface area contributed by atoms with Crippen LogP contribution in [0, 0.1) is 0 Å². The second kappa shape index (κ2) is 6.86. The molecule has 1 heterocycles. The molecule has 0 saturated carbocycles. The van der Waals surface area contributed by atoms with Crippen molar-refractivity contribution in [2.45, 2.75) is 16.6 Å². The van der Waals surface area contributed by atoms with Crippen LogP contribution < -0.4 is 5.32 Å². The van der Waals surface area contributed by atoms with Crippen molar-refractivity contribution in [3.63, 3.8) is 0 Å². The molecule has 1 unspecified atom stereocenters. The number of aliphatic carboxylic acids is 1. The minimum atomic E-state index is -0.821. The summed E-state index contributed by atoms with van der Waals surface area (Å²) in [4.78, 5) is 23.5. The molecule has 2 rings (SSSR count). The van der Waals surface area contributed by atoms with Gasteiger partial charge in [0.1, 0.15) is 0 Å². The van der Waals surface area contributed by atoms with Crippen LogP contribution in [0.1, 0.15) is 5.56 Å². The van der Waals surface area contributed by atoms with Gasteiger partial charge in [-0.15, -0.1) is 23.5 Å². The fourth-order valence-electron chi connectivity index (χ4n) is 1.85. The average Bonchev–Trinajstić information content (AvgIpc) is 2.81. The summed E-state index contributed by atoms with van der Waals surface area (Å²) in [5, 5.41) is 11.3. The van der Waals surface area contributed by atoms with E-state index in [9.17, 15) is 9.59 Å². The van der Waals surface area contributed by atoms with E-state index in [0.717, 1.165) is 6.42 Å². The third kappa shape index (κ3) is 4.18. The molecule has 0 aliphatic carbocycles. The zero-order chi connectivity index (χ0) is 13.7. The number of fused-ring (bicyclic) bond motifs is 1. The Bertz CT molecular complexity index is 454. The average molecular weight is 297 g/mol. The molecule has 0 saturated heterocycles. The number of hydrogen-bond acceptors (Lipinski definition) is 4. The van der Waals surface area contributed by atoms with Gasteiger partial charge in [0.05, 0.1) is 11.0 Å². The number of carboxylic acids is 1. The van der Waals surface area contributed by atoms with Crippen molar-refractivity contribution in [2.24, 2.45) is 0 Å². The van der Waals surface area contributed by atoms with Gasteiger partial charge < -0.3 is 10.4 Å². The minimum absolute atomic E-state index is 0.0390. The number of rotatable bonds is 6. The SMILES string of the molecule is O=C(O)CSCCNC(=O)C1Cc2ccccc2S1. The molecule has 1 aliphatic rings. The predicted molar refractivity (Wildman–Crippen MR) is 77.8 cm³/mol. The normalized spacial score (nSPS) is 16.9. The fourth-order valence-corrected chi connectivity index (χ4v) is 3.63. The molecule has 0 bridgehead atoms. The summed E-state index contributed by atoms with van der Waals surface area (Å²) < 4.78 is 0. The summed E-state index contributed by atoms with van der Waals surface area (Å²) in [7, 11) is 0. The molecule has 1 aliphatic heterocycles. The molecule has 1 atom stereocenters. The van der Waals surface area contributed by atoms with Crippen LogP contribution in [0.15, 0.2) is 29.2 Å². The fraction of sp³-hybridized carbons (Fsp3) is 0.385. The van der Waals surface area contributed by atoms with Crippen molar-refractivity contribution in [2.75, 3.05) is 18.1 Å². The van der Waals surface area contributed by atoms with E-state index in [1.165, 1.54) is 22.2 Å². The number of carboxylic acid groups (broad SMARTS) is 1. The van der Waals surface area contributed by atoms with Gasteiger partial charge in [0.25, 0.3) is 0 Å². The second-order valence-corrected chi connectivity index (χ2v) is 6.51. The first-order valence-corrected chi connectivity index (χ1v) is 8.02. The van der Waals surface area contributed by atoms with E-state index in [2.05, 4.69) is 11.4 Å². The third-order valence-corrected chi connectivity index (χ3v) is 4.97. The van der Waals surface area contributed by atoms with E-state index in [4.69, 9.17) is 5.11 Å². The molecule has 0 aromatic heterocycles. The van der Waals surface area contributed by atoms with E-state index in [1.807, 2.05) is 18.2 Å². The van der Waals surface area contributed by atoms with Crippen molar-refractivity contribution in [1.82, 2.24) is 5.32 Å². The molecule has 0 fully saturated rings. The van der Waals surface area contributed by atoms with E-state index >= 15 is 0 Å². The molecule has 0 radical (unpaired) electrons. The van der Waals surface area contributed by atoms with Crippen molar-refractivity contribution < 1.29 is 14.7 Å². The van der Waals surface area contributed by atoms with Gasteiger partial charge in [-0.05, 0) is 18.1 Å². The summed E-state index contributed by atoms with van der Waals surface area (Å²) in [6.07, 6.45) is 0.773. The third-order valence-electron chi connectivity index (χ3n) is 2.71. The van der Waals surface area contributed by atoms with Gasteiger partial charge >= 0.3 is 5.97 Å². The lowest BCUT2D eigenvalue weighted by Gasteiger charge is -2.09. The molecule has 4 nitrogen and oxygen atoms in total. The number of benzene rings is 1. The lowest BCUT2D eigenvalue weighted by atomic mass is 10.1. The highest BCUT2D eigenvalue weighted by Gasteiger charge is 2.27. The maximum absolute atomic E-state index is 12.0. The zero-order valence-electron chi connectivity index (χ0n) is 10.3. The standard InChI is InChI=1S/C13H15NO3S2/c15-12(16)8-18-6-5-14-13(17)11-7-9-3-1-2-4-10(9)19-11/h1-4,11H,5-8H2,(H,14,17)(H,15,16). The topological polar surface area (TPSA) is 66.4 Å². The van der Waals surface area contributed by atoms with E-state index in [-0.39, 0.29) is 16.9 Å². The quantitative estimate of drug-likeness (QED) is 0.781. The van der Waals surface area contributed by atoms with Crippen molar-refractivity contribution in [1.29, 1.82) is 0 Å². The van der Waals surface area contributed by atoms with E-state index in [0.29, 0.717) is 12.3 Å². The second-order valence-electron chi connectivity index (χ2n) is 4.16. The maximum atomic E-state index is 12.0. The summed E-state index contributed by atoms with van der Waals surface area (Å²) >= 11 is 2.91. The van der Waals surface area contributed by atoms with Crippen LogP contribution in [-0.2, 0) is 16.0 Å². The summed E-state index contributed by atoms with van der Waals surface area (Å²) in [6.45, 7) is 0.518. The summed E-state index contributed by atoms with van der Waals surface area (Å²) in [5.41, 5.74) is 1.23. The molecule has 0 spiro atoms.